The van der Waals surface area contributed by atoms with Crippen molar-refractivity contribution in [3.63, 3.8) is 0 Å². The van der Waals surface area contributed by atoms with Gasteiger partial charge in [-0.25, -0.2) is 0 Å². The summed E-state index contributed by atoms with van der Waals surface area (Å²) in [6, 6.07) is 5.45. The topological polar surface area (TPSA) is 50.9 Å². The first-order valence-electron chi connectivity index (χ1n) is 9.29. The van der Waals surface area contributed by atoms with Crippen molar-refractivity contribution in [2.75, 3.05) is 12.4 Å². The molecule has 0 saturated carbocycles. The highest BCUT2D eigenvalue weighted by Crippen LogP contribution is 2.22. The standard InChI is InChI=1S/C20H24Cl2N6S/c1-5-28-14(3)18(13(2)25-28)12-26(4)20(29)24-17-9-23-27(11-17)10-15-6-7-16(21)8-19(15)22/h6-9,11H,5,10,12H2,1-4H3,(H,24,29). The van der Waals surface area contributed by atoms with E-state index in [0.717, 1.165) is 23.5 Å². The van der Waals surface area contributed by atoms with Crippen LogP contribution >= 0.6 is 35.4 Å². The van der Waals surface area contributed by atoms with Gasteiger partial charge in [0.15, 0.2) is 5.11 Å². The molecule has 0 saturated heterocycles. The summed E-state index contributed by atoms with van der Waals surface area (Å²) in [6.45, 7) is 8.32. The van der Waals surface area contributed by atoms with Crippen LogP contribution in [0.2, 0.25) is 10.0 Å². The summed E-state index contributed by atoms with van der Waals surface area (Å²) in [6.07, 6.45) is 3.65. The van der Waals surface area contributed by atoms with E-state index in [0.29, 0.717) is 28.2 Å². The van der Waals surface area contributed by atoms with E-state index in [-0.39, 0.29) is 0 Å². The van der Waals surface area contributed by atoms with Crippen LogP contribution in [0.3, 0.4) is 0 Å². The Bertz CT molecular complexity index is 1030. The van der Waals surface area contributed by atoms with Crippen LogP contribution in [-0.2, 0) is 19.6 Å². The third-order valence-corrected chi connectivity index (χ3v) is 5.81. The van der Waals surface area contributed by atoms with Crippen molar-refractivity contribution >= 4 is 46.2 Å². The molecule has 0 radical (unpaired) electrons. The molecule has 0 aliphatic rings. The minimum absolute atomic E-state index is 0.550. The molecule has 0 atom stereocenters. The molecular formula is C20H24Cl2N6S. The molecule has 29 heavy (non-hydrogen) atoms. The van der Waals surface area contributed by atoms with Gasteiger partial charge in [-0.15, -0.1) is 0 Å². The van der Waals surface area contributed by atoms with Crippen molar-refractivity contribution in [2.45, 2.75) is 40.4 Å². The number of benzene rings is 1. The molecule has 2 heterocycles. The number of aryl methyl sites for hydroxylation is 2. The van der Waals surface area contributed by atoms with Gasteiger partial charge in [-0.3, -0.25) is 9.36 Å². The van der Waals surface area contributed by atoms with Crippen molar-refractivity contribution in [1.82, 2.24) is 24.5 Å². The molecule has 2 aromatic heterocycles. The minimum atomic E-state index is 0.550. The third kappa shape index (κ3) is 5.10. The maximum Gasteiger partial charge on any atom is 0.173 e. The highest BCUT2D eigenvalue weighted by Gasteiger charge is 2.15. The summed E-state index contributed by atoms with van der Waals surface area (Å²) in [5.74, 6) is 0. The summed E-state index contributed by atoms with van der Waals surface area (Å²) in [5.41, 5.74) is 5.18. The van der Waals surface area contributed by atoms with Crippen LogP contribution in [0.5, 0.6) is 0 Å². The van der Waals surface area contributed by atoms with Crippen molar-refractivity contribution in [3.05, 3.63) is 63.2 Å². The van der Waals surface area contributed by atoms with Crippen LogP contribution in [0.1, 0.15) is 29.4 Å². The molecule has 0 aliphatic carbocycles. The molecule has 3 rings (SSSR count). The fraction of sp³-hybridized carbons (Fsp3) is 0.350. The number of aromatic nitrogens is 4. The van der Waals surface area contributed by atoms with E-state index in [1.54, 1.807) is 16.9 Å². The Morgan fingerprint density at radius 3 is 2.69 bits per heavy atom. The van der Waals surface area contributed by atoms with Gasteiger partial charge in [0.25, 0.3) is 0 Å². The molecule has 0 bridgehead atoms. The smallest absolute Gasteiger partial charge is 0.173 e. The molecule has 0 unspecified atom stereocenters. The zero-order valence-corrected chi connectivity index (χ0v) is 19.2. The molecule has 9 heteroatoms. The maximum atomic E-state index is 6.25. The van der Waals surface area contributed by atoms with E-state index in [1.165, 1.54) is 11.3 Å². The Hall–Kier alpha value is -2.09. The Morgan fingerprint density at radius 1 is 1.28 bits per heavy atom. The van der Waals surface area contributed by atoms with E-state index in [1.807, 2.05) is 41.9 Å². The first-order valence-corrected chi connectivity index (χ1v) is 10.5. The average Bonchev–Trinajstić information content (AvgIpc) is 3.22. The maximum absolute atomic E-state index is 6.25. The van der Waals surface area contributed by atoms with Gasteiger partial charge in [0.05, 0.1) is 24.1 Å². The van der Waals surface area contributed by atoms with Gasteiger partial charge in [-0.05, 0) is 50.7 Å². The molecule has 3 aromatic rings. The van der Waals surface area contributed by atoms with Gasteiger partial charge in [-0.1, -0.05) is 29.3 Å². The molecular weight excluding hydrogens is 427 g/mol. The highest BCUT2D eigenvalue weighted by atomic mass is 35.5. The number of halogens is 2. The van der Waals surface area contributed by atoms with Gasteiger partial charge >= 0.3 is 0 Å². The molecule has 0 spiro atoms. The van der Waals surface area contributed by atoms with Crippen molar-refractivity contribution < 1.29 is 0 Å². The predicted molar refractivity (Wildman–Crippen MR) is 123 cm³/mol. The Balaban J connectivity index is 1.63. The first-order chi connectivity index (χ1) is 13.8. The van der Waals surface area contributed by atoms with Crippen LogP contribution in [0.15, 0.2) is 30.6 Å². The lowest BCUT2D eigenvalue weighted by molar-refractivity contribution is 0.504. The number of thiocarbonyl (C=S) groups is 1. The van der Waals surface area contributed by atoms with Gasteiger partial charge in [0.2, 0.25) is 0 Å². The van der Waals surface area contributed by atoms with Crippen molar-refractivity contribution in [3.8, 4) is 0 Å². The second-order valence-corrected chi connectivity index (χ2v) is 8.14. The van der Waals surface area contributed by atoms with Crippen molar-refractivity contribution in [1.29, 1.82) is 0 Å². The number of nitrogens with one attached hydrogen (secondary N) is 1. The first kappa shape index (κ1) is 21.6. The normalized spacial score (nSPS) is 11.0. The van der Waals surface area contributed by atoms with Gasteiger partial charge in [0, 0.05) is 47.6 Å². The number of anilines is 1. The molecule has 1 N–H and O–H groups in total. The second-order valence-electron chi connectivity index (χ2n) is 6.91. The molecule has 1 aromatic carbocycles. The minimum Gasteiger partial charge on any atom is -0.348 e. The third-order valence-electron chi connectivity index (χ3n) is 4.80. The lowest BCUT2D eigenvalue weighted by Crippen LogP contribution is -2.30. The Labute approximate surface area is 186 Å². The Morgan fingerprint density at radius 2 is 2.03 bits per heavy atom. The molecule has 0 fully saturated rings. The van der Waals surface area contributed by atoms with E-state index in [2.05, 4.69) is 29.4 Å². The van der Waals surface area contributed by atoms with Gasteiger partial charge in [0.1, 0.15) is 0 Å². The van der Waals surface area contributed by atoms with E-state index in [4.69, 9.17) is 35.4 Å². The molecule has 0 amide bonds. The lowest BCUT2D eigenvalue weighted by Gasteiger charge is -2.20. The zero-order chi connectivity index (χ0) is 21.1. The van der Waals surface area contributed by atoms with E-state index >= 15 is 0 Å². The highest BCUT2D eigenvalue weighted by molar-refractivity contribution is 7.80. The number of rotatable bonds is 6. The average molecular weight is 451 g/mol. The lowest BCUT2D eigenvalue weighted by atomic mass is 10.2. The second kappa shape index (κ2) is 9.15. The van der Waals surface area contributed by atoms with E-state index in [9.17, 15) is 0 Å². The summed E-state index contributed by atoms with van der Waals surface area (Å²) >= 11 is 17.8. The summed E-state index contributed by atoms with van der Waals surface area (Å²) < 4.78 is 3.82. The van der Waals surface area contributed by atoms with Crippen LogP contribution in [0, 0.1) is 13.8 Å². The van der Waals surface area contributed by atoms with Crippen LogP contribution in [-0.4, -0.2) is 36.6 Å². The predicted octanol–water partition coefficient (Wildman–Crippen LogP) is 4.90. The van der Waals surface area contributed by atoms with Gasteiger partial charge < -0.3 is 10.2 Å². The fourth-order valence-electron chi connectivity index (χ4n) is 3.14. The largest absolute Gasteiger partial charge is 0.348 e. The summed E-state index contributed by atoms with van der Waals surface area (Å²) in [5, 5.41) is 14.1. The van der Waals surface area contributed by atoms with Crippen LogP contribution in [0.4, 0.5) is 5.69 Å². The zero-order valence-electron chi connectivity index (χ0n) is 16.9. The monoisotopic (exact) mass is 450 g/mol. The quantitative estimate of drug-likeness (QED) is 0.541. The molecule has 154 valence electrons. The van der Waals surface area contributed by atoms with Gasteiger partial charge in [-0.2, -0.15) is 10.2 Å². The summed E-state index contributed by atoms with van der Waals surface area (Å²) in [4.78, 5) is 2.00. The number of hydrogen-bond donors (Lipinski definition) is 1. The Kier molecular flexibility index (Phi) is 6.82. The van der Waals surface area contributed by atoms with Crippen molar-refractivity contribution in [2.24, 2.45) is 0 Å². The molecule has 6 nitrogen and oxygen atoms in total. The van der Waals surface area contributed by atoms with E-state index < -0.39 is 0 Å². The number of hydrogen-bond acceptors (Lipinski definition) is 3. The fourth-order valence-corrected chi connectivity index (χ4v) is 3.79. The van der Waals surface area contributed by atoms with Crippen LogP contribution < -0.4 is 5.32 Å². The molecule has 0 aliphatic heterocycles. The SMILES string of the molecule is CCn1nc(C)c(CN(C)C(=S)Nc2cnn(Cc3ccc(Cl)cc3Cl)c2)c1C. The van der Waals surface area contributed by atoms with Crippen LogP contribution in [0.25, 0.3) is 0 Å². The number of nitrogens with zero attached hydrogens (tertiary/aromatic N) is 5. The summed E-state index contributed by atoms with van der Waals surface area (Å²) in [7, 11) is 1.97.